The molecule has 1 amide bonds. The van der Waals surface area contributed by atoms with E-state index in [1.54, 1.807) is 18.4 Å². The molecule has 1 aromatic heterocycles. The van der Waals surface area contributed by atoms with Gasteiger partial charge in [-0.2, -0.15) is 0 Å². The number of carbonyl (C=O) groups is 1. The Morgan fingerprint density at radius 3 is 2.52 bits per heavy atom. The molecule has 0 radical (unpaired) electrons. The van der Waals surface area contributed by atoms with Crippen LogP contribution in [0.3, 0.4) is 0 Å². The molecule has 0 aliphatic rings. The molecule has 6 nitrogen and oxygen atoms in total. The molecule has 0 saturated carbocycles. The summed E-state index contributed by atoms with van der Waals surface area (Å²) in [5, 5.41) is 18.5. The van der Waals surface area contributed by atoms with Crippen LogP contribution in [0.5, 0.6) is 0 Å². The molecule has 2 N–H and O–H groups in total. The number of hydrogen-bond donors (Lipinski definition) is 2. The maximum absolute atomic E-state index is 11.3. The van der Waals surface area contributed by atoms with Crippen LogP contribution >= 0.6 is 11.3 Å². The zero-order valence-electron chi connectivity index (χ0n) is 11.5. The average Bonchev–Trinajstić information content (AvgIpc) is 2.95. The molecule has 21 heavy (non-hydrogen) atoms. The molecule has 0 fully saturated rings. The third-order valence-electron chi connectivity index (χ3n) is 2.81. The van der Waals surface area contributed by atoms with E-state index in [4.69, 9.17) is 0 Å². The van der Waals surface area contributed by atoms with Crippen LogP contribution in [-0.2, 0) is 11.3 Å². The van der Waals surface area contributed by atoms with E-state index in [0.29, 0.717) is 13.0 Å². The third kappa shape index (κ3) is 4.28. The van der Waals surface area contributed by atoms with Crippen LogP contribution in [0.1, 0.15) is 18.9 Å². The minimum atomic E-state index is -0.390. The van der Waals surface area contributed by atoms with Gasteiger partial charge >= 0.3 is 5.00 Å². The number of rotatable bonds is 6. The fourth-order valence-electron chi connectivity index (χ4n) is 1.68. The number of nitrogens with zero attached hydrogens (tertiary/aromatic N) is 1. The summed E-state index contributed by atoms with van der Waals surface area (Å²) in [4.78, 5) is 21.5. The average molecular weight is 305 g/mol. The van der Waals surface area contributed by atoms with E-state index >= 15 is 0 Å². The van der Waals surface area contributed by atoms with Crippen LogP contribution in [0.2, 0.25) is 0 Å². The molecule has 1 heterocycles. The topological polar surface area (TPSA) is 84.3 Å². The lowest BCUT2D eigenvalue weighted by molar-refractivity contribution is -0.380. The Hall–Kier alpha value is -2.41. The Morgan fingerprint density at radius 2 is 1.95 bits per heavy atom. The number of anilines is 2. The normalized spacial score (nSPS) is 10.1. The molecule has 0 aliphatic carbocycles. The van der Waals surface area contributed by atoms with Crippen molar-refractivity contribution in [1.82, 2.24) is 0 Å². The van der Waals surface area contributed by atoms with Gasteiger partial charge in [0.05, 0.1) is 4.92 Å². The Labute approximate surface area is 126 Å². The first kappa shape index (κ1) is 15.0. The predicted molar refractivity (Wildman–Crippen MR) is 83.7 cm³/mol. The molecule has 7 heteroatoms. The Morgan fingerprint density at radius 1 is 1.29 bits per heavy atom. The molecule has 110 valence electrons. The van der Waals surface area contributed by atoms with Crippen molar-refractivity contribution in [3.63, 3.8) is 0 Å². The summed E-state index contributed by atoms with van der Waals surface area (Å²) in [6.07, 6.45) is 0.441. The lowest BCUT2D eigenvalue weighted by Crippen LogP contribution is -2.09. The highest BCUT2D eigenvalue weighted by molar-refractivity contribution is 7.13. The zero-order chi connectivity index (χ0) is 15.2. The summed E-state index contributed by atoms with van der Waals surface area (Å²) in [6.45, 7) is 2.32. The van der Waals surface area contributed by atoms with Gasteiger partial charge in [0.25, 0.3) is 0 Å². The smallest absolute Gasteiger partial charge is 0.324 e. The van der Waals surface area contributed by atoms with E-state index in [-0.39, 0.29) is 15.8 Å². The largest absolute Gasteiger partial charge is 0.381 e. The van der Waals surface area contributed by atoms with Crippen LogP contribution in [0.15, 0.2) is 35.7 Å². The fourth-order valence-corrected chi connectivity index (χ4v) is 2.41. The maximum Gasteiger partial charge on any atom is 0.324 e. The highest BCUT2D eigenvalue weighted by atomic mass is 32.1. The first-order valence-electron chi connectivity index (χ1n) is 6.44. The number of benzene rings is 1. The van der Waals surface area contributed by atoms with E-state index in [1.165, 1.54) is 0 Å². The quantitative estimate of drug-likeness (QED) is 0.630. The Balaban J connectivity index is 1.91. The minimum absolute atomic E-state index is 0.0266. The highest BCUT2D eigenvalue weighted by Crippen LogP contribution is 2.23. The number of nitro groups is 1. The number of amides is 1. The molecule has 0 bridgehead atoms. The minimum Gasteiger partial charge on any atom is -0.381 e. The first-order chi connectivity index (χ1) is 10.1. The van der Waals surface area contributed by atoms with Gasteiger partial charge in [-0.1, -0.05) is 18.3 Å². The van der Waals surface area contributed by atoms with Crippen molar-refractivity contribution in [2.75, 3.05) is 10.6 Å². The van der Waals surface area contributed by atoms with E-state index in [9.17, 15) is 14.9 Å². The number of hydrogen-bond acceptors (Lipinski definition) is 5. The summed E-state index contributed by atoms with van der Waals surface area (Å²) >= 11 is 1.12. The van der Waals surface area contributed by atoms with Crippen LogP contribution in [0.25, 0.3) is 0 Å². The van der Waals surface area contributed by atoms with Gasteiger partial charge in [-0.3, -0.25) is 14.9 Å². The standard InChI is InChI=1S/C14H15N3O3S/c1-2-13(18)16-12-5-3-11(4-6-12)15-8-10-7-14(17(19)20)21-9-10/h3-7,9,15H,2,8H2,1H3,(H,16,18). The van der Waals surface area contributed by atoms with E-state index in [0.717, 1.165) is 28.3 Å². The van der Waals surface area contributed by atoms with Gasteiger partial charge < -0.3 is 10.6 Å². The van der Waals surface area contributed by atoms with Crippen LogP contribution < -0.4 is 10.6 Å². The molecule has 2 rings (SSSR count). The molecular formula is C14H15N3O3S. The second kappa shape index (κ2) is 6.85. The summed E-state index contributed by atoms with van der Waals surface area (Å²) < 4.78 is 0. The molecule has 0 spiro atoms. The van der Waals surface area contributed by atoms with Crippen LogP contribution in [0.4, 0.5) is 16.4 Å². The van der Waals surface area contributed by atoms with E-state index in [2.05, 4.69) is 10.6 Å². The molecule has 1 aromatic carbocycles. The van der Waals surface area contributed by atoms with Gasteiger partial charge in [0, 0.05) is 35.8 Å². The zero-order valence-corrected chi connectivity index (χ0v) is 12.3. The first-order valence-corrected chi connectivity index (χ1v) is 7.32. The highest BCUT2D eigenvalue weighted by Gasteiger charge is 2.09. The molecule has 2 aromatic rings. The molecule has 0 unspecified atom stereocenters. The van der Waals surface area contributed by atoms with Gasteiger partial charge in [-0.25, -0.2) is 0 Å². The van der Waals surface area contributed by atoms with Crippen molar-refractivity contribution in [1.29, 1.82) is 0 Å². The summed E-state index contributed by atoms with van der Waals surface area (Å²) in [7, 11) is 0. The van der Waals surface area contributed by atoms with Gasteiger partial charge in [0.1, 0.15) is 0 Å². The third-order valence-corrected chi connectivity index (χ3v) is 3.74. The maximum atomic E-state index is 11.3. The number of nitrogens with one attached hydrogen (secondary N) is 2. The molecule has 0 saturated heterocycles. The van der Waals surface area contributed by atoms with Crippen molar-refractivity contribution >= 4 is 33.6 Å². The van der Waals surface area contributed by atoms with Gasteiger partial charge in [0.2, 0.25) is 5.91 Å². The summed E-state index contributed by atoms with van der Waals surface area (Å²) in [5.41, 5.74) is 2.51. The second-order valence-electron chi connectivity index (χ2n) is 4.38. The van der Waals surface area contributed by atoms with Crippen molar-refractivity contribution in [2.45, 2.75) is 19.9 Å². The SMILES string of the molecule is CCC(=O)Nc1ccc(NCc2csc([N+](=O)[O-])c2)cc1. The summed E-state index contributed by atoms with van der Waals surface area (Å²) in [5.74, 6) is -0.0266. The van der Waals surface area contributed by atoms with Crippen LogP contribution in [0, 0.1) is 10.1 Å². The monoisotopic (exact) mass is 305 g/mol. The van der Waals surface area contributed by atoms with Gasteiger partial charge in [-0.05, 0) is 29.8 Å². The second-order valence-corrected chi connectivity index (χ2v) is 5.27. The summed E-state index contributed by atoms with van der Waals surface area (Å²) in [6, 6.07) is 8.89. The van der Waals surface area contributed by atoms with Gasteiger partial charge in [0.15, 0.2) is 0 Å². The van der Waals surface area contributed by atoms with Crippen LogP contribution in [-0.4, -0.2) is 10.8 Å². The Kier molecular flexibility index (Phi) is 4.89. The Bertz CT molecular complexity index is 637. The molecule has 0 atom stereocenters. The van der Waals surface area contributed by atoms with Crippen molar-refractivity contribution in [3.05, 3.63) is 51.4 Å². The predicted octanol–water partition coefficient (Wildman–Crippen LogP) is 3.62. The number of thiophene rings is 1. The van der Waals surface area contributed by atoms with Crippen molar-refractivity contribution in [3.8, 4) is 0 Å². The van der Waals surface area contributed by atoms with E-state index < -0.39 is 0 Å². The van der Waals surface area contributed by atoms with Crippen molar-refractivity contribution in [2.24, 2.45) is 0 Å². The molecular weight excluding hydrogens is 290 g/mol. The van der Waals surface area contributed by atoms with Gasteiger partial charge in [-0.15, -0.1) is 0 Å². The lowest BCUT2D eigenvalue weighted by atomic mass is 10.2. The molecule has 0 aliphatic heterocycles. The lowest BCUT2D eigenvalue weighted by Gasteiger charge is -2.07. The van der Waals surface area contributed by atoms with E-state index in [1.807, 2.05) is 24.3 Å². The van der Waals surface area contributed by atoms with Crippen molar-refractivity contribution < 1.29 is 9.72 Å². The fraction of sp³-hybridized carbons (Fsp3) is 0.214. The number of carbonyl (C=O) groups excluding carboxylic acids is 1.